The lowest BCUT2D eigenvalue weighted by molar-refractivity contribution is -0.213. The molecular weight excluding hydrogens is 769 g/mol. The molecule has 10 heteroatoms. The van der Waals surface area contributed by atoms with Crippen LogP contribution < -0.4 is 10.6 Å². The second-order valence-electron chi connectivity index (χ2n) is 23.6. The highest BCUT2D eigenvalue weighted by Crippen LogP contribution is 2.76. The average molecular weight is 853 g/mol. The fraction of sp³-hybridized carbons (Fsp3) is 0.863. The minimum absolute atomic E-state index is 0.0142. The van der Waals surface area contributed by atoms with Crippen LogP contribution in [0.4, 0.5) is 0 Å². The summed E-state index contributed by atoms with van der Waals surface area (Å²) in [5.74, 6) is -0.964. The Morgan fingerprint density at radius 1 is 0.787 bits per heavy atom. The summed E-state index contributed by atoms with van der Waals surface area (Å²) in [7, 11) is 0. The molecule has 0 aromatic heterocycles. The molecule has 0 aliphatic heterocycles. The Morgan fingerprint density at radius 3 is 2.05 bits per heavy atom. The average Bonchev–Trinajstić information content (AvgIpc) is 3.14. The number of unbranched alkanes of at least 4 members (excludes halogenated alkanes) is 7. The van der Waals surface area contributed by atoms with Gasteiger partial charge in [0.2, 0.25) is 11.8 Å². The summed E-state index contributed by atoms with van der Waals surface area (Å²) < 4.78 is 6.28. The van der Waals surface area contributed by atoms with Crippen molar-refractivity contribution in [2.45, 2.75) is 216 Å². The van der Waals surface area contributed by atoms with Gasteiger partial charge in [0, 0.05) is 18.4 Å². The fourth-order valence-corrected chi connectivity index (χ4v) is 14.1. The third-order valence-electron chi connectivity index (χ3n) is 17.9. The quantitative estimate of drug-likeness (QED) is 0.0568. The molecule has 4 saturated carbocycles. The minimum atomic E-state index is -1.02. The fourth-order valence-electron chi connectivity index (χ4n) is 14.1. The number of aliphatic carboxylic acids is 2. The van der Waals surface area contributed by atoms with Gasteiger partial charge in [-0.25, -0.2) is 0 Å². The van der Waals surface area contributed by atoms with Crippen molar-refractivity contribution in [3.8, 4) is 0 Å². The lowest BCUT2D eigenvalue weighted by Gasteiger charge is -2.71. The van der Waals surface area contributed by atoms with Crippen LogP contribution in [0.15, 0.2) is 11.6 Å². The molecule has 0 spiro atoms. The molecule has 0 bridgehead atoms. The summed E-state index contributed by atoms with van der Waals surface area (Å²) >= 11 is 0. The molecule has 5 aliphatic carbocycles. The van der Waals surface area contributed by atoms with Crippen LogP contribution in [0.2, 0.25) is 0 Å². The molecule has 0 saturated heterocycles. The van der Waals surface area contributed by atoms with Gasteiger partial charge in [-0.1, -0.05) is 112 Å². The van der Waals surface area contributed by atoms with Crippen molar-refractivity contribution in [3.05, 3.63) is 11.6 Å². The van der Waals surface area contributed by atoms with Crippen molar-refractivity contribution in [2.24, 2.45) is 55.7 Å². The van der Waals surface area contributed by atoms with Crippen LogP contribution in [0.1, 0.15) is 204 Å². The molecule has 9 atom stereocenters. The molecule has 4 fully saturated rings. The molecule has 61 heavy (non-hydrogen) atoms. The SMILES string of the molecule is C[C@H](NC(=O)CCCCCCCCCCNC(=O)[C@]12CCC(C)(C)C[C@H]1C1=CC[C@@H]3[C@@]4(C)CC[C@H](OC(=O)CC(C)(C)CC(=O)O)C(C)(C)[C@@H]4CC[C@@]3(C)[C@]1(C)CC2)C(=O)O. The van der Waals surface area contributed by atoms with Crippen molar-refractivity contribution in [1.82, 2.24) is 10.6 Å². The van der Waals surface area contributed by atoms with E-state index in [1.165, 1.54) is 6.92 Å². The molecule has 5 rings (SSSR count). The van der Waals surface area contributed by atoms with E-state index in [-0.39, 0.29) is 75.1 Å². The molecule has 0 aromatic carbocycles. The molecule has 4 N–H and O–H groups in total. The standard InChI is InChI=1S/C51H84N2O8/c1-34(43(58)59)53-40(54)19-17-15-13-11-12-14-16-18-30-52-44(60)51-28-26-45(2,3)31-36(51)35-20-21-38-48(8)24-23-39(61-42(57)33-46(4,5)32-41(55)56)47(6,7)37(48)22-25-50(38,10)49(35,9)27-29-51/h20,34,36-39H,11-19,21-33H2,1-10H3,(H,52,60)(H,53,54)(H,55,56)(H,58,59)/t34-,36-,37-,38+,39-,48-,49+,50+,51-/m0/s1. The van der Waals surface area contributed by atoms with Gasteiger partial charge in [0.15, 0.2) is 0 Å². The van der Waals surface area contributed by atoms with Gasteiger partial charge < -0.3 is 25.6 Å². The number of rotatable bonds is 19. The van der Waals surface area contributed by atoms with Crippen LogP contribution in [0.5, 0.6) is 0 Å². The van der Waals surface area contributed by atoms with Crippen molar-refractivity contribution >= 4 is 29.7 Å². The van der Waals surface area contributed by atoms with E-state index in [0.717, 1.165) is 122 Å². The Morgan fingerprint density at radius 2 is 1.41 bits per heavy atom. The van der Waals surface area contributed by atoms with Gasteiger partial charge >= 0.3 is 17.9 Å². The normalized spacial score (nSPS) is 34.2. The highest BCUT2D eigenvalue weighted by molar-refractivity contribution is 5.84. The summed E-state index contributed by atoms with van der Waals surface area (Å²) in [4.78, 5) is 62.1. The van der Waals surface area contributed by atoms with E-state index >= 15 is 0 Å². The highest BCUT2D eigenvalue weighted by Gasteiger charge is 2.69. The number of carbonyl (C=O) groups is 5. The van der Waals surface area contributed by atoms with Crippen LogP contribution in [-0.4, -0.2) is 58.6 Å². The number of carboxylic acid groups (broad SMARTS) is 2. The van der Waals surface area contributed by atoms with Crippen molar-refractivity contribution in [1.29, 1.82) is 0 Å². The van der Waals surface area contributed by atoms with E-state index in [1.807, 2.05) is 13.8 Å². The van der Waals surface area contributed by atoms with Crippen LogP contribution >= 0.6 is 0 Å². The first-order valence-corrected chi connectivity index (χ1v) is 24.3. The Balaban J connectivity index is 1.18. The molecule has 346 valence electrons. The molecule has 0 aromatic rings. The smallest absolute Gasteiger partial charge is 0.325 e. The number of hydrogen-bond donors (Lipinski definition) is 4. The maximum Gasteiger partial charge on any atom is 0.325 e. The van der Waals surface area contributed by atoms with E-state index < -0.39 is 23.4 Å². The maximum atomic E-state index is 14.6. The summed E-state index contributed by atoms with van der Waals surface area (Å²) in [6.45, 7) is 23.0. The predicted molar refractivity (Wildman–Crippen MR) is 239 cm³/mol. The van der Waals surface area contributed by atoms with Gasteiger partial charge in [0.1, 0.15) is 12.1 Å². The first-order chi connectivity index (χ1) is 28.3. The van der Waals surface area contributed by atoms with E-state index in [4.69, 9.17) is 9.84 Å². The predicted octanol–water partition coefficient (Wildman–Crippen LogP) is 10.8. The van der Waals surface area contributed by atoms with E-state index in [0.29, 0.717) is 18.3 Å². The molecular formula is C51H84N2O8. The Bertz CT molecular complexity index is 1670. The van der Waals surface area contributed by atoms with Crippen LogP contribution in [0.3, 0.4) is 0 Å². The first kappa shape index (κ1) is 49.1. The van der Waals surface area contributed by atoms with Gasteiger partial charge in [0.25, 0.3) is 0 Å². The monoisotopic (exact) mass is 853 g/mol. The lowest BCUT2D eigenvalue weighted by atomic mass is 9.33. The summed E-state index contributed by atoms with van der Waals surface area (Å²) in [5.41, 5.74) is 0.750. The van der Waals surface area contributed by atoms with Gasteiger partial charge in [-0.05, 0) is 129 Å². The van der Waals surface area contributed by atoms with Gasteiger partial charge in [-0.15, -0.1) is 0 Å². The molecule has 2 amide bonds. The number of ether oxygens (including phenoxy) is 1. The van der Waals surface area contributed by atoms with Crippen LogP contribution in [-0.2, 0) is 28.7 Å². The van der Waals surface area contributed by atoms with Gasteiger partial charge in [0.05, 0.1) is 18.3 Å². The van der Waals surface area contributed by atoms with Gasteiger partial charge in [-0.2, -0.15) is 0 Å². The highest BCUT2D eigenvalue weighted by atomic mass is 16.5. The number of carboxylic acids is 2. The zero-order valence-electron chi connectivity index (χ0n) is 39.9. The third kappa shape index (κ3) is 10.2. The summed E-state index contributed by atoms with van der Waals surface area (Å²) in [6, 6.07) is -0.851. The van der Waals surface area contributed by atoms with E-state index in [2.05, 4.69) is 65.2 Å². The Hall–Kier alpha value is -2.91. The van der Waals surface area contributed by atoms with Crippen molar-refractivity contribution < 1.29 is 38.9 Å². The minimum Gasteiger partial charge on any atom is -0.481 e. The Labute approximate surface area is 368 Å². The molecule has 0 heterocycles. The van der Waals surface area contributed by atoms with E-state index in [9.17, 15) is 29.1 Å². The summed E-state index contributed by atoms with van der Waals surface area (Å²) in [6.07, 6.45) is 21.3. The molecule has 5 aliphatic rings. The van der Waals surface area contributed by atoms with Crippen molar-refractivity contribution in [2.75, 3.05) is 6.54 Å². The largest absolute Gasteiger partial charge is 0.481 e. The van der Waals surface area contributed by atoms with E-state index in [1.54, 1.807) is 5.57 Å². The van der Waals surface area contributed by atoms with Crippen LogP contribution in [0, 0.1) is 55.7 Å². The number of esters is 1. The van der Waals surface area contributed by atoms with Crippen molar-refractivity contribution in [3.63, 3.8) is 0 Å². The summed E-state index contributed by atoms with van der Waals surface area (Å²) in [5, 5.41) is 24.3. The topological polar surface area (TPSA) is 159 Å². The molecule has 0 radical (unpaired) electrons. The van der Waals surface area contributed by atoms with Crippen LogP contribution in [0.25, 0.3) is 0 Å². The number of nitrogens with one attached hydrogen (secondary N) is 2. The zero-order valence-corrected chi connectivity index (χ0v) is 39.9. The van der Waals surface area contributed by atoms with Gasteiger partial charge in [-0.3, -0.25) is 24.0 Å². The second kappa shape index (κ2) is 18.7. The lowest BCUT2D eigenvalue weighted by Crippen LogP contribution is -2.65. The maximum absolute atomic E-state index is 14.6. The zero-order chi connectivity index (χ0) is 45.2. The number of allylic oxidation sites excluding steroid dienone is 2. The number of amides is 2. The Kier molecular flexibility index (Phi) is 15.0. The second-order valence-corrected chi connectivity index (χ2v) is 23.6. The third-order valence-corrected chi connectivity index (χ3v) is 17.9. The number of fused-ring (bicyclic) bond motifs is 7. The molecule has 0 unspecified atom stereocenters. The first-order valence-electron chi connectivity index (χ1n) is 24.3. The number of carbonyl (C=O) groups excluding carboxylic acids is 3. The molecule has 10 nitrogen and oxygen atoms in total. The number of hydrogen-bond acceptors (Lipinski definition) is 6.